The van der Waals surface area contributed by atoms with Crippen molar-refractivity contribution in [3.05, 3.63) is 22.8 Å². The predicted octanol–water partition coefficient (Wildman–Crippen LogP) is 2.13. The van der Waals surface area contributed by atoms with E-state index in [0.717, 1.165) is 55.2 Å². The second-order valence-electron chi connectivity index (χ2n) is 5.69. The van der Waals surface area contributed by atoms with E-state index in [1.54, 1.807) is 6.20 Å². The lowest BCUT2D eigenvalue weighted by Crippen LogP contribution is -2.50. The maximum atomic E-state index is 6.23. The molecule has 110 valence electrons. The Balaban J connectivity index is 1.73. The van der Waals surface area contributed by atoms with Crippen LogP contribution in [-0.2, 0) is 6.54 Å². The first-order valence-corrected chi connectivity index (χ1v) is 8.00. The van der Waals surface area contributed by atoms with Gasteiger partial charge < -0.3 is 10.2 Å². The topological polar surface area (TPSA) is 31.4 Å². The van der Waals surface area contributed by atoms with Crippen molar-refractivity contribution in [2.45, 2.75) is 32.4 Å². The standard InChI is InChI=1S/C15H23ClN4/c1-2-17-9-12-8-15(18-10-14(12)16)20-7-6-19-5-3-4-13(19)11-20/h8,10,13,17H,2-7,9,11H2,1H3. The second-order valence-corrected chi connectivity index (χ2v) is 6.10. The molecule has 4 nitrogen and oxygen atoms in total. The van der Waals surface area contributed by atoms with E-state index in [1.165, 1.54) is 19.4 Å². The molecular formula is C15H23ClN4. The summed E-state index contributed by atoms with van der Waals surface area (Å²) in [6.07, 6.45) is 4.47. The Morgan fingerprint density at radius 1 is 1.40 bits per heavy atom. The fraction of sp³-hybridized carbons (Fsp3) is 0.667. The van der Waals surface area contributed by atoms with Gasteiger partial charge in [-0.3, -0.25) is 4.90 Å². The largest absolute Gasteiger partial charge is 0.354 e. The molecule has 0 bridgehead atoms. The highest BCUT2D eigenvalue weighted by Gasteiger charge is 2.31. The summed E-state index contributed by atoms with van der Waals surface area (Å²) >= 11 is 6.23. The third-order valence-corrected chi connectivity index (χ3v) is 4.74. The van der Waals surface area contributed by atoms with Crippen LogP contribution < -0.4 is 10.2 Å². The van der Waals surface area contributed by atoms with Crippen molar-refractivity contribution < 1.29 is 0 Å². The molecule has 2 fully saturated rings. The molecule has 3 rings (SSSR count). The lowest BCUT2D eigenvalue weighted by molar-refractivity contribution is 0.230. The van der Waals surface area contributed by atoms with Gasteiger partial charge in [-0.1, -0.05) is 18.5 Å². The van der Waals surface area contributed by atoms with E-state index in [4.69, 9.17) is 11.6 Å². The molecule has 1 aromatic rings. The molecule has 3 heterocycles. The van der Waals surface area contributed by atoms with Gasteiger partial charge in [0.15, 0.2) is 0 Å². The van der Waals surface area contributed by atoms with Crippen LogP contribution in [0.5, 0.6) is 0 Å². The Kier molecular flexibility index (Phi) is 4.44. The van der Waals surface area contributed by atoms with Crippen molar-refractivity contribution in [1.29, 1.82) is 0 Å². The molecule has 0 saturated carbocycles. The molecule has 1 aromatic heterocycles. The summed E-state index contributed by atoms with van der Waals surface area (Å²) < 4.78 is 0. The number of rotatable bonds is 4. The Morgan fingerprint density at radius 3 is 3.15 bits per heavy atom. The van der Waals surface area contributed by atoms with Crippen molar-refractivity contribution in [3.8, 4) is 0 Å². The summed E-state index contributed by atoms with van der Waals surface area (Å²) in [5.74, 6) is 1.08. The van der Waals surface area contributed by atoms with Crippen LogP contribution in [0.25, 0.3) is 0 Å². The van der Waals surface area contributed by atoms with Gasteiger partial charge in [0, 0.05) is 38.4 Å². The van der Waals surface area contributed by atoms with E-state index >= 15 is 0 Å². The van der Waals surface area contributed by atoms with Gasteiger partial charge in [-0.05, 0) is 37.6 Å². The van der Waals surface area contributed by atoms with Crippen molar-refractivity contribution in [2.24, 2.45) is 0 Å². The molecule has 0 radical (unpaired) electrons. The first kappa shape index (κ1) is 14.1. The number of fused-ring (bicyclic) bond motifs is 1. The zero-order chi connectivity index (χ0) is 13.9. The monoisotopic (exact) mass is 294 g/mol. The second kappa shape index (κ2) is 6.29. The van der Waals surface area contributed by atoms with E-state index in [0.29, 0.717) is 0 Å². The van der Waals surface area contributed by atoms with Crippen molar-refractivity contribution in [1.82, 2.24) is 15.2 Å². The smallest absolute Gasteiger partial charge is 0.129 e. The number of anilines is 1. The van der Waals surface area contributed by atoms with Gasteiger partial charge in [0.2, 0.25) is 0 Å². The molecular weight excluding hydrogens is 272 g/mol. The minimum absolute atomic E-state index is 0.721. The summed E-state index contributed by atoms with van der Waals surface area (Å²) in [6, 6.07) is 2.87. The quantitative estimate of drug-likeness (QED) is 0.922. The molecule has 20 heavy (non-hydrogen) atoms. The molecule has 2 aliphatic heterocycles. The number of hydrogen-bond acceptors (Lipinski definition) is 4. The Labute approximate surface area is 126 Å². The fourth-order valence-electron chi connectivity index (χ4n) is 3.24. The Bertz CT molecular complexity index is 465. The average molecular weight is 295 g/mol. The number of pyridine rings is 1. The van der Waals surface area contributed by atoms with Crippen molar-refractivity contribution >= 4 is 17.4 Å². The summed E-state index contributed by atoms with van der Waals surface area (Å²) in [4.78, 5) is 9.56. The number of piperazine rings is 1. The predicted molar refractivity (Wildman–Crippen MR) is 83.4 cm³/mol. The van der Waals surface area contributed by atoms with E-state index in [-0.39, 0.29) is 0 Å². The van der Waals surface area contributed by atoms with Gasteiger partial charge >= 0.3 is 0 Å². The maximum absolute atomic E-state index is 6.23. The first-order valence-electron chi connectivity index (χ1n) is 7.62. The van der Waals surface area contributed by atoms with Crippen molar-refractivity contribution in [2.75, 3.05) is 37.6 Å². The molecule has 2 saturated heterocycles. The van der Waals surface area contributed by atoms with Gasteiger partial charge in [-0.25, -0.2) is 4.98 Å². The highest BCUT2D eigenvalue weighted by Crippen LogP contribution is 2.26. The van der Waals surface area contributed by atoms with Gasteiger partial charge in [0.05, 0.1) is 5.02 Å². The Morgan fingerprint density at radius 2 is 2.30 bits per heavy atom. The summed E-state index contributed by atoms with van der Waals surface area (Å²) in [5, 5.41) is 4.09. The van der Waals surface area contributed by atoms with Crippen LogP contribution in [0.1, 0.15) is 25.3 Å². The van der Waals surface area contributed by atoms with Crippen molar-refractivity contribution in [3.63, 3.8) is 0 Å². The Hall–Kier alpha value is -0.840. The van der Waals surface area contributed by atoms with Gasteiger partial charge in [0.1, 0.15) is 5.82 Å². The third-order valence-electron chi connectivity index (χ3n) is 4.40. The van der Waals surface area contributed by atoms with E-state index in [1.807, 2.05) is 0 Å². The number of nitrogens with one attached hydrogen (secondary N) is 1. The van der Waals surface area contributed by atoms with Crippen LogP contribution in [0.15, 0.2) is 12.3 Å². The number of hydrogen-bond donors (Lipinski definition) is 1. The third kappa shape index (κ3) is 2.92. The number of aromatic nitrogens is 1. The summed E-state index contributed by atoms with van der Waals surface area (Å²) in [6.45, 7) is 8.50. The highest BCUT2D eigenvalue weighted by molar-refractivity contribution is 6.31. The lowest BCUT2D eigenvalue weighted by Gasteiger charge is -2.38. The van der Waals surface area contributed by atoms with E-state index in [9.17, 15) is 0 Å². The molecule has 0 spiro atoms. The van der Waals surface area contributed by atoms with Crippen LogP contribution in [0.2, 0.25) is 5.02 Å². The zero-order valence-electron chi connectivity index (χ0n) is 12.1. The summed E-state index contributed by atoms with van der Waals surface area (Å²) in [5.41, 5.74) is 1.15. The number of halogens is 1. The highest BCUT2D eigenvalue weighted by atomic mass is 35.5. The zero-order valence-corrected chi connectivity index (χ0v) is 12.9. The first-order chi connectivity index (χ1) is 9.78. The summed E-state index contributed by atoms with van der Waals surface area (Å²) in [7, 11) is 0. The lowest BCUT2D eigenvalue weighted by atomic mass is 10.1. The van der Waals surface area contributed by atoms with Gasteiger partial charge in [-0.15, -0.1) is 0 Å². The van der Waals surface area contributed by atoms with Gasteiger partial charge in [-0.2, -0.15) is 0 Å². The molecule has 1 unspecified atom stereocenters. The van der Waals surface area contributed by atoms with Crippen LogP contribution in [0.3, 0.4) is 0 Å². The van der Waals surface area contributed by atoms with Gasteiger partial charge in [0.25, 0.3) is 0 Å². The van der Waals surface area contributed by atoms with Crippen LogP contribution in [0.4, 0.5) is 5.82 Å². The van der Waals surface area contributed by atoms with Crippen LogP contribution in [-0.4, -0.2) is 48.6 Å². The van der Waals surface area contributed by atoms with Crippen LogP contribution in [0, 0.1) is 0 Å². The average Bonchev–Trinajstić information content (AvgIpc) is 2.94. The molecule has 0 aliphatic carbocycles. The molecule has 1 atom stereocenters. The molecule has 2 aliphatic rings. The van der Waals surface area contributed by atoms with Crippen LogP contribution >= 0.6 is 11.6 Å². The SMILES string of the molecule is CCNCc1cc(N2CCN3CCCC3C2)ncc1Cl. The molecule has 0 aromatic carbocycles. The minimum atomic E-state index is 0.721. The maximum Gasteiger partial charge on any atom is 0.129 e. The number of nitrogens with zero attached hydrogens (tertiary/aromatic N) is 3. The molecule has 0 amide bonds. The van der Waals surface area contributed by atoms with E-state index < -0.39 is 0 Å². The fourth-order valence-corrected chi connectivity index (χ4v) is 3.41. The van der Waals surface area contributed by atoms with E-state index in [2.05, 4.69) is 33.1 Å². The minimum Gasteiger partial charge on any atom is -0.354 e. The molecule has 5 heteroatoms. The molecule has 1 N–H and O–H groups in total. The normalized spacial score (nSPS) is 23.1.